The van der Waals surface area contributed by atoms with Gasteiger partial charge in [0.2, 0.25) is 11.8 Å². The molecule has 1 heterocycles. The highest BCUT2D eigenvalue weighted by atomic mass is 16.5. The molecule has 3 rings (SSSR count). The summed E-state index contributed by atoms with van der Waals surface area (Å²) >= 11 is 0. The number of methoxy groups -OCH3 is 1. The van der Waals surface area contributed by atoms with E-state index in [4.69, 9.17) is 4.74 Å². The summed E-state index contributed by atoms with van der Waals surface area (Å²) in [4.78, 5) is 29.4. The molecule has 0 spiro atoms. The number of carbonyl (C=O) groups excluding carboxylic acids is 2. The third kappa shape index (κ3) is 4.81. The van der Waals surface area contributed by atoms with Crippen molar-refractivity contribution in [3.8, 4) is 0 Å². The molecule has 1 atom stereocenters. The molecule has 0 saturated heterocycles. The van der Waals surface area contributed by atoms with Gasteiger partial charge in [-0.25, -0.2) is 4.98 Å². The highest BCUT2D eigenvalue weighted by molar-refractivity contribution is 5.92. The molecule has 3 aromatic rings. The number of rotatable bonds is 8. The van der Waals surface area contributed by atoms with Crippen LogP contribution >= 0.6 is 0 Å². The number of hydrogen-bond donors (Lipinski definition) is 2. The smallest absolute Gasteiger partial charge is 0.246 e. The van der Waals surface area contributed by atoms with Crippen LogP contribution in [0, 0.1) is 0 Å². The van der Waals surface area contributed by atoms with Crippen LogP contribution in [0.2, 0.25) is 0 Å². The highest BCUT2D eigenvalue weighted by Gasteiger charge is 2.20. The second-order valence-electron chi connectivity index (χ2n) is 6.83. The number of aromatic nitrogens is 2. The van der Waals surface area contributed by atoms with Crippen molar-refractivity contribution in [2.75, 3.05) is 19.0 Å². The van der Waals surface area contributed by atoms with Gasteiger partial charge in [-0.2, -0.15) is 0 Å². The summed E-state index contributed by atoms with van der Waals surface area (Å²) in [6.07, 6.45) is 0.832. The summed E-state index contributed by atoms with van der Waals surface area (Å²) in [5, 5.41) is 5.86. The second kappa shape index (κ2) is 9.34. The van der Waals surface area contributed by atoms with Crippen molar-refractivity contribution in [3.05, 3.63) is 59.9 Å². The van der Waals surface area contributed by atoms with Crippen molar-refractivity contribution >= 4 is 28.5 Å². The maximum atomic E-state index is 12.8. The lowest BCUT2D eigenvalue weighted by Crippen LogP contribution is -2.32. The van der Waals surface area contributed by atoms with Gasteiger partial charge in [-0.1, -0.05) is 37.3 Å². The second-order valence-corrected chi connectivity index (χ2v) is 6.83. The standard InChI is InChI=1S/C22H26N4O3/c1-4-16-9-5-6-10-17(16)24-20(27)13-26-19-12-8-7-11-18(19)25-22(26)15(2)23-21(28)14-29-3/h5-12,15H,4,13-14H2,1-3H3,(H,23,28)(H,24,27). The summed E-state index contributed by atoms with van der Waals surface area (Å²) in [5.41, 5.74) is 3.51. The summed E-state index contributed by atoms with van der Waals surface area (Å²) < 4.78 is 6.72. The number of anilines is 1. The lowest BCUT2D eigenvalue weighted by atomic mass is 10.1. The van der Waals surface area contributed by atoms with Crippen molar-refractivity contribution in [1.82, 2.24) is 14.9 Å². The summed E-state index contributed by atoms with van der Waals surface area (Å²) in [6.45, 7) is 3.96. The number of benzene rings is 2. The van der Waals surface area contributed by atoms with Crippen LogP contribution in [-0.2, 0) is 27.3 Å². The predicted octanol–water partition coefficient (Wildman–Crippen LogP) is 3.06. The Bertz CT molecular complexity index is 1010. The molecule has 7 nitrogen and oxygen atoms in total. The third-order valence-corrected chi connectivity index (χ3v) is 4.70. The molecule has 0 saturated carbocycles. The van der Waals surface area contributed by atoms with E-state index in [1.54, 1.807) is 0 Å². The Labute approximate surface area is 170 Å². The Hall–Kier alpha value is -3.19. The van der Waals surface area contributed by atoms with Crippen LogP contribution in [0.25, 0.3) is 11.0 Å². The Morgan fingerprint density at radius 3 is 2.59 bits per heavy atom. The molecule has 0 aliphatic carbocycles. The Kier molecular flexibility index (Phi) is 6.61. The van der Waals surface area contributed by atoms with E-state index in [2.05, 4.69) is 22.5 Å². The monoisotopic (exact) mass is 394 g/mol. The molecule has 0 aliphatic heterocycles. The molecule has 1 aromatic heterocycles. The maximum absolute atomic E-state index is 12.8. The predicted molar refractivity (Wildman–Crippen MR) is 113 cm³/mol. The summed E-state index contributed by atoms with van der Waals surface area (Å²) in [6, 6.07) is 15.0. The summed E-state index contributed by atoms with van der Waals surface area (Å²) in [7, 11) is 1.47. The quantitative estimate of drug-likeness (QED) is 0.615. The van der Waals surface area contributed by atoms with E-state index in [9.17, 15) is 9.59 Å². The van der Waals surface area contributed by atoms with Crippen molar-refractivity contribution in [1.29, 1.82) is 0 Å². The lowest BCUT2D eigenvalue weighted by molar-refractivity contribution is -0.125. The molecule has 0 bridgehead atoms. The summed E-state index contributed by atoms with van der Waals surface area (Å²) in [5.74, 6) is 0.236. The van der Waals surface area contributed by atoms with Crippen LogP contribution < -0.4 is 10.6 Å². The van der Waals surface area contributed by atoms with Crippen LogP contribution in [0.3, 0.4) is 0 Å². The number of imidazole rings is 1. The van der Waals surface area contributed by atoms with Crippen LogP contribution in [0.5, 0.6) is 0 Å². The number of amides is 2. The SMILES string of the molecule is CCc1ccccc1NC(=O)Cn1c(C(C)NC(=O)COC)nc2ccccc21. The van der Waals surface area contributed by atoms with Crippen molar-refractivity contribution in [2.45, 2.75) is 32.9 Å². The van der Waals surface area contributed by atoms with Crippen LogP contribution in [0.15, 0.2) is 48.5 Å². The molecule has 2 N–H and O–H groups in total. The first-order valence-electron chi connectivity index (χ1n) is 9.64. The fourth-order valence-corrected chi connectivity index (χ4v) is 3.35. The average Bonchev–Trinajstić information content (AvgIpc) is 3.07. The molecule has 1 unspecified atom stereocenters. The number of ether oxygens (including phenoxy) is 1. The van der Waals surface area contributed by atoms with Gasteiger partial charge in [-0.3, -0.25) is 9.59 Å². The minimum absolute atomic E-state index is 0.0289. The van der Waals surface area contributed by atoms with Gasteiger partial charge in [-0.05, 0) is 37.1 Å². The van der Waals surface area contributed by atoms with E-state index in [0.29, 0.717) is 5.82 Å². The largest absolute Gasteiger partial charge is 0.375 e. The normalized spacial score (nSPS) is 12.0. The van der Waals surface area contributed by atoms with E-state index < -0.39 is 0 Å². The van der Waals surface area contributed by atoms with E-state index in [1.807, 2.05) is 60.0 Å². The molecule has 152 valence electrons. The maximum Gasteiger partial charge on any atom is 0.246 e. The Morgan fingerprint density at radius 1 is 1.10 bits per heavy atom. The minimum Gasteiger partial charge on any atom is -0.375 e. The van der Waals surface area contributed by atoms with Crippen molar-refractivity contribution < 1.29 is 14.3 Å². The van der Waals surface area contributed by atoms with Gasteiger partial charge in [0.05, 0.1) is 17.1 Å². The fourth-order valence-electron chi connectivity index (χ4n) is 3.35. The van der Waals surface area contributed by atoms with Crippen molar-refractivity contribution in [3.63, 3.8) is 0 Å². The molecule has 2 amide bonds. The molecule has 0 aliphatic rings. The number of carbonyl (C=O) groups is 2. The third-order valence-electron chi connectivity index (χ3n) is 4.70. The molecule has 7 heteroatoms. The zero-order chi connectivity index (χ0) is 20.8. The van der Waals surface area contributed by atoms with Gasteiger partial charge in [0.15, 0.2) is 0 Å². The minimum atomic E-state index is -0.374. The molecule has 0 fully saturated rings. The van der Waals surface area contributed by atoms with Crippen molar-refractivity contribution in [2.24, 2.45) is 0 Å². The van der Waals surface area contributed by atoms with Crippen LogP contribution in [0.4, 0.5) is 5.69 Å². The molecule has 29 heavy (non-hydrogen) atoms. The number of fused-ring (bicyclic) bond motifs is 1. The van der Waals surface area contributed by atoms with Gasteiger partial charge in [0.1, 0.15) is 19.0 Å². The number of aryl methyl sites for hydroxylation is 1. The molecular weight excluding hydrogens is 368 g/mol. The van der Waals surface area contributed by atoms with E-state index >= 15 is 0 Å². The van der Waals surface area contributed by atoms with E-state index in [0.717, 1.165) is 28.7 Å². The number of para-hydroxylation sites is 3. The Morgan fingerprint density at radius 2 is 1.83 bits per heavy atom. The van der Waals surface area contributed by atoms with Gasteiger partial charge >= 0.3 is 0 Å². The van der Waals surface area contributed by atoms with Crippen LogP contribution in [0.1, 0.15) is 31.3 Å². The zero-order valence-electron chi connectivity index (χ0n) is 16.9. The first kappa shape index (κ1) is 20.5. The van der Waals surface area contributed by atoms with Gasteiger partial charge in [0.25, 0.3) is 0 Å². The topological polar surface area (TPSA) is 85.2 Å². The van der Waals surface area contributed by atoms with Gasteiger partial charge in [-0.15, -0.1) is 0 Å². The first-order valence-corrected chi connectivity index (χ1v) is 9.64. The number of nitrogens with one attached hydrogen (secondary N) is 2. The average molecular weight is 394 g/mol. The lowest BCUT2D eigenvalue weighted by Gasteiger charge is -2.16. The molecular formula is C22H26N4O3. The molecule has 0 radical (unpaired) electrons. The van der Waals surface area contributed by atoms with E-state index in [-0.39, 0.29) is 31.0 Å². The number of nitrogens with zero attached hydrogens (tertiary/aromatic N) is 2. The molecule has 2 aromatic carbocycles. The first-order chi connectivity index (χ1) is 14.0. The van der Waals surface area contributed by atoms with E-state index in [1.165, 1.54) is 7.11 Å². The van der Waals surface area contributed by atoms with Gasteiger partial charge < -0.3 is 19.9 Å². The number of hydrogen-bond acceptors (Lipinski definition) is 4. The van der Waals surface area contributed by atoms with Crippen LogP contribution in [-0.4, -0.2) is 35.1 Å². The fraction of sp³-hybridized carbons (Fsp3) is 0.318. The highest BCUT2D eigenvalue weighted by Crippen LogP contribution is 2.22. The Balaban J connectivity index is 1.87. The van der Waals surface area contributed by atoms with Gasteiger partial charge in [0, 0.05) is 12.8 Å². The zero-order valence-corrected chi connectivity index (χ0v) is 16.9.